The summed E-state index contributed by atoms with van der Waals surface area (Å²) in [4.78, 5) is 6.01. The zero-order chi connectivity index (χ0) is 14.1. The number of halogens is 2. The van der Waals surface area contributed by atoms with Crippen molar-refractivity contribution in [2.24, 2.45) is 0 Å². The first-order valence-corrected chi connectivity index (χ1v) is 7.17. The Morgan fingerprint density at radius 1 is 1.30 bits per heavy atom. The van der Waals surface area contributed by atoms with Crippen LogP contribution >= 0.6 is 0 Å². The van der Waals surface area contributed by atoms with E-state index in [0.717, 1.165) is 25.3 Å². The number of rotatable bonds is 4. The van der Waals surface area contributed by atoms with Gasteiger partial charge < -0.3 is 15.0 Å². The Balaban J connectivity index is 1.84. The summed E-state index contributed by atoms with van der Waals surface area (Å²) in [5.74, 6) is -0.894. The third kappa shape index (κ3) is 2.57. The molecule has 2 saturated heterocycles. The van der Waals surface area contributed by atoms with Gasteiger partial charge in [0, 0.05) is 25.7 Å². The van der Waals surface area contributed by atoms with E-state index < -0.39 is 11.6 Å². The number of nitrogens with one attached hydrogen (secondary N) is 1. The molecule has 3 rings (SSSR count). The fourth-order valence-corrected chi connectivity index (χ4v) is 2.83. The van der Waals surface area contributed by atoms with Crippen LogP contribution in [0.5, 0.6) is 0 Å². The number of aromatic nitrogens is 1. The second kappa shape index (κ2) is 5.52. The molecule has 2 fully saturated rings. The number of morpholine rings is 1. The molecule has 2 aliphatic heterocycles. The minimum atomic E-state index is -0.643. The molecule has 110 valence electrons. The first-order valence-electron chi connectivity index (χ1n) is 7.17. The Hall–Kier alpha value is -1.43. The van der Waals surface area contributed by atoms with Gasteiger partial charge in [0.15, 0.2) is 23.3 Å². The van der Waals surface area contributed by atoms with Crippen LogP contribution in [-0.4, -0.2) is 36.8 Å². The number of ether oxygens (including phenoxy) is 1. The summed E-state index contributed by atoms with van der Waals surface area (Å²) in [6, 6.07) is 0.914. The van der Waals surface area contributed by atoms with Crippen LogP contribution in [0.3, 0.4) is 0 Å². The smallest absolute Gasteiger partial charge is 0.168 e. The molecule has 2 unspecified atom stereocenters. The van der Waals surface area contributed by atoms with E-state index in [1.54, 1.807) is 0 Å². The van der Waals surface area contributed by atoms with Gasteiger partial charge in [0.25, 0.3) is 0 Å². The highest BCUT2D eigenvalue weighted by molar-refractivity contribution is 5.50. The predicted octanol–water partition coefficient (Wildman–Crippen LogP) is 2.55. The Kier molecular flexibility index (Phi) is 3.74. The van der Waals surface area contributed by atoms with Gasteiger partial charge in [-0.05, 0) is 19.3 Å². The molecule has 3 heterocycles. The number of anilines is 2. The number of nitrogens with zero attached hydrogens (tertiary/aromatic N) is 2. The summed E-state index contributed by atoms with van der Waals surface area (Å²) in [5, 5.41) is 2.90. The van der Waals surface area contributed by atoms with E-state index in [1.165, 1.54) is 0 Å². The molecule has 2 atom stereocenters. The Labute approximate surface area is 117 Å². The van der Waals surface area contributed by atoms with Gasteiger partial charge in [-0.3, -0.25) is 0 Å². The maximum absolute atomic E-state index is 14.0. The largest absolute Gasteiger partial charge is 0.371 e. The van der Waals surface area contributed by atoms with Crippen LogP contribution in [0, 0.1) is 11.6 Å². The van der Waals surface area contributed by atoms with Crippen LogP contribution in [-0.2, 0) is 4.74 Å². The summed E-state index contributed by atoms with van der Waals surface area (Å²) >= 11 is 0. The lowest BCUT2D eigenvalue weighted by molar-refractivity contribution is 0.0300. The summed E-state index contributed by atoms with van der Waals surface area (Å²) in [5.41, 5.74) is 0. The molecule has 0 radical (unpaired) electrons. The molecule has 4 nitrogen and oxygen atoms in total. The molecule has 6 heteroatoms. The number of hydrogen-bond donors (Lipinski definition) is 1. The standard InChI is InChI=1S/C14H19F2N3O/c1-2-5-17-13-11(15)6-12(16)14(18-13)19-7-9-3-4-10(8-19)20-9/h6,9-10H,2-5,7-8H2,1H3,(H,17,18). The first-order chi connectivity index (χ1) is 9.67. The summed E-state index contributed by atoms with van der Waals surface area (Å²) in [6.45, 7) is 3.84. The van der Waals surface area contributed by atoms with E-state index in [0.29, 0.717) is 19.6 Å². The fraction of sp³-hybridized carbons (Fsp3) is 0.643. The molecule has 20 heavy (non-hydrogen) atoms. The molecule has 1 aromatic rings. The van der Waals surface area contributed by atoms with E-state index >= 15 is 0 Å². The second-order valence-electron chi connectivity index (χ2n) is 5.41. The minimum absolute atomic E-state index is 0.127. The van der Waals surface area contributed by atoms with Gasteiger partial charge in [-0.2, -0.15) is 0 Å². The van der Waals surface area contributed by atoms with Crippen molar-refractivity contribution >= 4 is 11.6 Å². The first kappa shape index (κ1) is 13.5. The fourth-order valence-electron chi connectivity index (χ4n) is 2.83. The molecule has 1 aromatic heterocycles. The normalized spacial score (nSPS) is 25.1. The molecular formula is C14H19F2N3O. The highest BCUT2D eigenvalue weighted by Crippen LogP contribution is 2.31. The molecule has 0 saturated carbocycles. The molecule has 0 aliphatic carbocycles. The predicted molar refractivity (Wildman–Crippen MR) is 73.0 cm³/mol. The topological polar surface area (TPSA) is 37.4 Å². The van der Waals surface area contributed by atoms with Crippen LogP contribution < -0.4 is 10.2 Å². The zero-order valence-electron chi connectivity index (χ0n) is 11.5. The zero-order valence-corrected chi connectivity index (χ0v) is 11.5. The molecule has 0 amide bonds. The van der Waals surface area contributed by atoms with Crippen LogP contribution in [0.25, 0.3) is 0 Å². The molecule has 0 aromatic carbocycles. The van der Waals surface area contributed by atoms with Crippen molar-refractivity contribution in [2.75, 3.05) is 29.9 Å². The second-order valence-corrected chi connectivity index (χ2v) is 5.41. The summed E-state index contributed by atoms with van der Waals surface area (Å²) in [6.07, 6.45) is 3.16. The molecule has 2 bridgehead atoms. The quantitative estimate of drug-likeness (QED) is 0.921. The lowest BCUT2D eigenvalue weighted by atomic mass is 10.2. The van der Waals surface area contributed by atoms with Crippen molar-refractivity contribution in [1.82, 2.24) is 4.98 Å². The van der Waals surface area contributed by atoms with E-state index in [-0.39, 0.29) is 23.8 Å². The summed E-state index contributed by atoms with van der Waals surface area (Å²) in [7, 11) is 0. The van der Waals surface area contributed by atoms with Crippen LogP contribution in [0.1, 0.15) is 26.2 Å². The third-order valence-electron chi connectivity index (χ3n) is 3.80. The van der Waals surface area contributed by atoms with Crippen molar-refractivity contribution in [3.8, 4) is 0 Å². The van der Waals surface area contributed by atoms with Crippen molar-refractivity contribution in [2.45, 2.75) is 38.4 Å². The molecular weight excluding hydrogens is 264 g/mol. The van der Waals surface area contributed by atoms with Crippen LogP contribution in [0.2, 0.25) is 0 Å². The molecule has 2 aliphatic rings. The molecule has 1 N–H and O–H groups in total. The maximum Gasteiger partial charge on any atom is 0.168 e. The van der Waals surface area contributed by atoms with E-state index in [4.69, 9.17) is 4.74 Å². The van der Waals surface area contributed by atoms with Gasteiger partial charge in [0.2, 0.25) is 0 Å². The Bertz CT molecular complexity index is 486. The van der Waals surface area contributed by atoms with E-state index in [1.807, 2.05) is 11.8 Å². The van der Waals surface area contributed by atoms with Crippen LogP contribution in [0.15, 0.2) is 6.07 Å². The monoisotopic (exact) mass is 283 g/mol. The molecule has 0 spiro atoms. The van der Waals surface area contributed by atoms with Gasteiger partial charge in [0.05, 0.1) is 12.2 Å². The minimum Gasteiger partial charge on any atom is -0.371 e. The van der Waals surface area contributed by atoms with Crippen molar-refractivity contribution in [1.29, 1.82) is 0 Å². The SMILES string of the molecule is CCCNc1nc(N2CC3CCC(C2)O3)c(F)cc1F. The van der Waals surface area contributed by atoms with E-state index in [9.17, 15) is 8.78 Å². The van der Waals surface area contributed by atoms with Crippen molar-refractivity contribution < 1.29 is 13.5 Å². The van der Waals surface area contributed by atoms with Gasteiger partial charge in [-0.25, -0.2) is 13.8 Å². The van der Waals surface area contributed by atoms with Gasteiger partial charge in [0.1, 0.15) is 0 Å². The average Bonchev–Trinajstić information content (AvgIpc) is 2.76. The number of pyridine rings is 1. The van der Waals surface area contributed by atoms with Gasteiger partial charge >= 0.3 is 0 Å². The lowest BCUT2D eigenvalue weighted by Crippen LogP contribution is -2.43. The lowest BCUT2D eigenvalue weighted by Gasteiger charge is -2.33. The number of hydrogen-bond acceptors (Lipinski definition) is 4. The maximum atomic E-state index is 14.0. The highest BCUT2D eigenvalue weighted by Gasteiger charge is 2.35. The summed E-state index contributed by atoms with van der Waals surface area (Å²) < 4.78 is 33.4. The highest BCUT2D eigenvalue weighted by atomic mass is 19.1. The van der Waals surface area contributed by atoms with Crippen molar-refractivity contribution in [3.05, 3.63) is 17.7 Å². The van der Waals surface area contributed by atoms with E-state index in [2.05, 4.69) is 10.3 Å². The van der Waals surface area contributed by atoms with Crippen molar-refractivity contribution in [3.63, 3.8) is 0 Å². The average molecular weight is 283 g/mol. The van der Waals surface area contributed by atoms with Crippen LogP contribution in [0.4, 0.5) is 20.4 Å². The third-order valence-corrected chi connectivity index (χ3v) is 3.80. The van der Waals surface area contributed by atoms with Gasteiger partial charge in [-0.1, -0.05) is 6.92 Å². The Morgan fingerprint density at radius 3 is 2.65 bits per heavy atom. The Morgan fingerprint density at radius 2 is 2.00 bits per heavy atom. The van der Waals surface area contributed by atoms with Gasteiger partial charge in [-0.15, -0.1) is 0 Å². The number of fused-ring (bicyclic) bond motifs is 2.